The molecule has 1 fully saturated rings. The molecule has 1 aliphatic rings. The number of ether oxygens (including phenoxy) is 1. The molecule has 1 aliphatic heterocycles. The molecule has 2 heterocycles. The van der Waals surface area contributed by atoms with Crippen molar-refractivity contribution >= 4 is 11.8 Å². The number of nitrogens with zero attached hydrogens (tertiary/aromatic N) is 3. The van der Waals surface area contributed by atoms with E-state index in [1.807, 2.05) is 6.07 Å². The fourth-order valence-electron chi connectivity index (χ4n) is 2.40. The van der Waals surface area contributed by atoms with Crippen molar-refractivity contribution in [3.8, 4) is 0 Å². The first-order chi connectivity index (χ1) is 9.26. The molecule has 0 aliphatic carbocycles. The van der Waals surface area contributed by atoms with Gasteiger partial charge in [0.25, 0.3) is 0 Å². The first-order valence-electron chi connectivity index (χ1n) is 6.65. The van der Waals surface area contributed by atoms with E-state index in [0.29, 0.717) is 6.04 Å². The zero-order valence-corrected chi connectivity index (χ0v) is 11.4. The van der Waals surface area contributed by atoms with Crippen molar-refractivity contribution in [3.63, 3.8) is 0 Å². The number of carbonyl (C=O) groups is 1. The van der Waals surface area contributed by atoms with Gasteiger partial charge in [0.1, 0.15) is 0 Å². The molecule has 1 aromatic rings. The number of esters is 1. The van der Waals surface area contributed by atoms with Crippen molar-refractivity contribution in [1.82, 2.24) is 15.5 Å². The van der Waals surface area contributed by atoms with E-state index in [-0.39, 0.29) is 5.69 Å². The minimum Gasteiger partial charge on any atom is -0.464 e. The summed E-state index contributed by atoms with van der Waals surface area (Å²) in [4.78, 5) is 13.5. The van der Waals surface area contributed by atoms with Crippen LogP contribution in [0.15, 0.2) is 12.1 Å². The second-order valence-electron chi connectivity index (χ2n) is 4.55. The van der Waals surface area contributed by atoms with Gasteiger partial charge in [0, 0.05) is 19.1 Å². The van der Waals surface area contributed by atoms with E-state index in [4.69, 9.17) is 0 Å². The Balaban J connectivity index is 2.12. The zero-order chi connectivity index (χ0) is 13.7. The van der Waals surface area contributed by atoms with Crippen molar-refractivity contribution in [3.05, 3.63) is 17.8 Å². The van der Waals surface area contributed by atoms with Crippen LogP contribution in [0.2, 0.25) is 0 Å². The minimum absolute atomic E-state index is 0.240. The Kier molecular flexibility index (Phi) is 4.68. The van der Waals surface area contributed by atoms with Gasteiger partial charge in [0.05, 0.1) is 7.11 Å². The molecule has 0 amide bonds. The summed E-state index contributed by atoms with van der Waals surface area (Å²) in [6.45, 7) is 5.03. The van der Waals surface area contributed by atoms with Crippen molar-refractivity contribution in [1.29, 1.82) is 0 Å². The van der Waals surface area contributed by atoms with Crippen molar-refractivity contribution in [2.75, 3.05) is 31.6 Å². The average Bonchev–Trinajstić information content (AvgIpc) is 2.49. The molecule has 2 rings (SSSR count). The van der Waals surface area contributed by atoms with Crippen LogP contribution >= 0.6 is 0 Å². The summed E-state index contributed by atoms with van der Waals surface area (Å²) in [5, 5.41) is 11.5. The first-order valence-corrected chi connectivity index (χ1v) is 6.65. The summed E-state index contributed by atoms with van der Waals surface area (Å²) in [5.74, 6) is 0.352. The molecule has 19 heavy (non-hydrogen) atoms. The van der Waals surface area contributed by atoms with E-state index < -0.39 is 5.97 Å². The number of hydrogen-bond donors (Lipinski definition) is 1. The third-order valence-corrected chi connectivity index (χ3v) is 3.39. The number of piperidine rings is 1. The van der Waals surface area contributed by atoms with Crippen LogP contribution in [0.3, 0.4) is 0 Å². The molecular formula is C13H20N4O2. The molecule has 1 unspecified atom stereocenters. The number of rotatable bonds is 4. The van der Waals surface area contributed by atoms with Gasteiger partial charge in [-0.25, -0.2) is 4.79 Å². The molecule has 1 aromatic heterocycles. The van der Waals surface area contributed by atoms with Crippen molar-refractivity contribution in [2.24, 2.45) is 0 Å². The smallest absolute Gasteiger partial charge is 0.358 e. The molecule has 0 saturated carbocycles. The zero-order valence-electron chi connectivity index (χ0n) is 11.4. The summed E-state index contributed by atoms with van der Waals surface area (Å²) in [5.41, 5.74) is 0.240. The maximum absolute atomic E-state index is 11.3. The Morgan fingerprint density at radius 3 is 2.89 bits per heavy atom. The fourth-order valence-corrected chi connectivity index (χ4v) is 2.40. The van der Waals surface area contributed by atoms with E-state index in [1.54, 1.807) is 6.07 Å². The Labute approximate surface area is 113 Å². The number of methoxy groups -OCH3 is 1. The van der Waals surface area contributed by atoms with Gasteiger partial charge in [0.2, 0.25) is 0 Å². The van der Waals surface area contributed by atoms with E-state index in [1.165, 1.54) is 13.5 Å². The predicted molar refractivity (Wildman–Crippen MR) is 72.3 cm³/mol. The molecule has 0 bridgehead atoms. The van der Waals surface area contributed by atoms with Gasteiger partial charge in [-0.15, -0.1) is 10.2 Å². The molecule has 1 atom stereocenters. The molecule has 0 aromatic carbocycles. The first kappa shape index (κ1) is 13.7. The molecule has 104 valence electrons. The predicted octanol–water partition coefficient (Wildman–Crippen LogP) is 0.841. The van der Waals surface area contributed by atoms with Gasteiger partial charge in [-0.3, -0.25) is 0 Å². The van der Waals surface area contributed by atoms with Crippen LogP contribution in [-0.4, -0.2) is 49.0 Å². The van der Waals surface area contributed by atoms with Gasteiger partial charge in [0.15, 0.2) is 11.5 Å². The monoisotopic (exact) mass is 264 g/mol. The maximum Gasteiger partial charge on any atom is 0.358 e. The summed E-state index contributed by atoms with van der Waals surface area (Å²) in [6, 6.07) is 3.93. The van der Waals surface area contributed by atoms with Crippen molar-refractivity contribution in [2.45, 2.75) is 25.8 Å². The van der Waals surface area contributed by atoms with Gasteiger partial charge >= 0.3 is 5.97 Å². The number of hydrogen-bond acceptors (Lipinski definition) is 6. The summed E-state index contributed by atoms with van der Waals surface area (Å²) < 4.78 is 4.61. The summed E-state index contributed by atoms with van der Waals surface area (Å²) in [7, 11) is 1.34. The average molecular weight is 264 g/mol. The normalized spacial score (nSPS) is 18.9. The van der Waals surface area contributed by atoms with Crippen LogP contribution in [0.5, 0.6) is 0 Å². The lowest BCUT2D eigenvalue weighted by Gasteiger charge is -2.34. The van der Waals surface area contributed by atoms with Crippen LogP contribution in [-0.2, 0) is 4.74 Å². The lowest BCUT2D eigenvalue weighted by Crippen LogP contribution is -2.46. The van der Waals surface area contributed by atoms with Crippen LogP contribution in [0.1, 0.15) is 30.3 Å². The number of carbonyl (C=O) groups excluding carboxylic acids is 1. The third kappa shape index (κ3) is 3.20. The molecule has 6 nitrogen and oxygen atoms in total. The maximum atomic E-state index is 11.3. The van der Waals surface area contributed by atoms with Crippen molar-refractivity contribution < 1.29 is 9.53 Å². The summed E-state index contributed by atoms with van der Waals surface area (Å²) >= 11 is 0. The topological polar surface area (TPSA) is 67.4 Å². The minimum atomic E-state index is -0.457. The Bertz CT molecular complexity index is 415. The number of likely N-dealkylation sites (N-methyl/N-ethyl adjacent to an activating group) is 1. The summed E-state index contributed by atoms with van der Waals surface area (Å²) in [6.07, 6.45) is 2.33. The highest BCUT2D eigenvalue weighted by Crippen LogP contribution is 2.17. The SMILES string of the molecule is CCN(c1ccc(C(=O)OC)nn1)C1CCCNC1. The van der Waals surface area contributed by atoms with Crippen LogP contribution in [0.4, 0.5) is 5.82 Å². The van der Waals surface area contributed by atoms with E-state index in [2.05, 4.69) is 32.1 Å². The molecule has 0 spiro atoms. The molecular weight excluding hydrogens is 244 g/mol. The van der Waals surface area contributed by atoms with E-state index >= 15 is 0 Å². The Morgan fingerprint density at radius 2 is 2.37 bits per heavy atom. The Morgan fingerprint density at radius 1 is 1.53 bits per heavy atom. The number of anilines is 1. The highest BCUT2D eigenvalue weighted by molar-refractivity contribution is 5.86. The van der Waals surface area contributed by atoms with Crippen LogP contribution in [0, 0.1) is 0 Å². The molecule has 1 N–H and O–H groups in total. The Hall–Kier alpha value is -1.69. The number of nitrogens with one attached hydrogen (secondary N) is 1. The van der Waals surface area contributed by atoms with E-state index in [9.17, 15) is 4.79 Å². The lowest BCUT2D eigenvalue weighted by molar-refractivity contribution is 0.0592. The van der Waals surface area contributed by atoms with E-state index in [0.717, 1.165) is 31.9 Å². The quantitative estimate of drug-likeness (QED) is 0.813. The second-order valence-corrected chi connectivity index (χ2v) is 4.55. The molecule has 0 radical (unpaired) electrons. The highest BCUT2D eigenvalue weighted by atomic mass is 16.5. The molecule has 1 saturated heterocycles. The van der Waals surface area contributed by atoms with Crippen LogP contribution in [0.25, 0.3) is 0 Å². The van der Waals surface area contributed by atoms with Gasteiger partial charge < -0.3 is 15.0 Å². The largest absolute Gasteiger partial charge is 0.464 e. The van der Waals surface area contributed by atoms with Gasteiger partial charge in [-0.05, 0) is 38.4 Å². The highest BCUT2D eigenvalue weighted by Gasteiger charge is 2.21. The lowest BCUT2D eigenvalue weighted by atomic mass is 10.1. The molecule has 6 heteroatoms. The van der Waals surface area contributed by atoms with Gasteiger partial charge in [-0.2, -0.15) is 0 Å². The van der Waals surface area contributed by atoms with Crippen LogP contribution < -0.4 is 10.2 Å². The fraction of sp³-hybridized carbons (Fsp3) is 0.615. The van der Waals surface area contributed by atoms with Gasteiger partial charge in [-0.1, -0.05) is 0 Å². The standard InChI is InChI=1S/C13H20N4O2/c1-3-17(10-5-4-8-14-9-10)12-7-6-11(15-16-12)13(18)19-2/h6-7,10,14H,3-5,8-9H2,1-2H3. The number of aromatic nitrogens is 2. The second kappa shape index (κ2) is 6.47. The third-order valence-electron chi connectivity index (χ3n) is 3.39.